The minimum absolute atomic E-state index is 0.850. The zero-order valence-corrected chi connectivity index (χ0v) is 4.94. The van der Waals surface area contributed by atoms with E-state index in [1.807, 2.05) is 24.6 Å². The van der Waals surface area contributed by atoms with Gasteiger partial charge in [-0.25, -0.2) is 0 Å². The highest BCUT2D eigenvalue weighted by atomic mass is 35.5. The van der Waals surface area contributed by atoms with Gasteiger partial charge in [0.2, 0.25) is 0 Å². The van der Waals surface area contributed by atoms with Gasteiger partial charge in [0.05, 0.1) is 6.54 Å². The van der Waals surface area contributed by atoms with E-state index in [9.17, 15) is 0 Å². The molecular formula is C5H7ClN. The van der Waals surface area contributed by atoms with Crippen LogP contribution in [-0.4, -0.2) is 18.5 Å². The maximum Gasteiger partial charge on any atom is 0.0660 e. The van der Waals surface area contributed by atoms with Crippen molar-refractivity contribution in [1.82, 2.24) is 4.90 Å². The Hall–Kier alpha value is -0.0100. The van der Waals surface area contributed by atoms with Gasteiger partial charge in [0.15, 0.2) is 0 Å². The van der Waals surface area contributed by atoms with Crippen molar-refractivity contribution in [2.75, 3.05) is 13.6 Å². The van der Waals surface area contributed by atoms with Crippen molar-refractivity contribution in [3.8, 4) is 0 Å². The Morgan fingerprint density at radius 1 is 1.86 bits per heavy atom. The van der Waals surface area contributed by atoms with E-state index in [4.69, 9.17) is 11.6 Å². The van der Waals surface area contributed by atoms with Crippen LogP contribution in [0.25, 0.3) is 0 Å². The molecule has 0 N–H and O–H groups in total. The van der Waals surface area contributed by atoms with Crippen LogP contribution in [0.1, 0.15) is 0 Å². The summed E-state index contributed by atoms with van der Waals surface area (Å²) in [6, 6.07) is 0. The Bertz CT molecular complexity index is 98.3. The second-order valence-electron chi connectivity index (χ2n) is 1.66. The Morgan fingerprint density at radius 3 is 2.71 bits per heavy atom. The average molecular weight is 117 g/mol. The smallest absolute Gasteiger partial charge is 0.0660 e. The molecule has 0 aromatic carbocycles. The predicted octanol–water partition coefficient (Wildman–Crippen LogP) is 1.22. The van der Waals surface area contributed by atoms with Crippen molar-refractivity contribution in [1.29, 1.82) is 0 Å². The summed E-state index contributed by atoms with van der Waals surface area (Å²) in [5.74, 6) is 0. The molecule has 39 valence electrons. The van der Waals surface area contributed by atoms with Crippen LogP contribution >= 0.6 is 11.6 Å². The summed E-state index contributed by atoms with van der Waals surface area (Å²) in [5.41, 5.74) is 0. The first-order chi connectivity index (χ1) is 3.29. The van der Waals surface area contributed by atoms with Gasteiger partial charge in [-0.1, -0.05) is 17.7 Å². The molecule has 1 nitrogen and oxygen atoms in total. The first kappa shape index (κ1) is 5.13. The summed E-state index contributed by atoms with van der Waals surface area (Å²) in [5, 5.41) is 0.850. The van der Waals surface area contributed by atoms with Crippen LogP contribution in [0.3, 0.4) is 0 Å². The van der Waals surface area contributed by atoms with Gasteiger partial charge in [-0.05, 0) is 7.05 Å². The first-order valence-electron chi connectivity index (χ1n) is 2.20. The average Bonchev–Trinajstić information content (AvgIpc) is 1.87. The quantitative estimate of drug-likeness (QED) is 0.460. The Morgan fingerprint density at radius 2 is 2.57 bits per heavy atom. The van der Waals surface area contributed by atoms with E-state index in [0.29, 0.717) is 0 Å². The SMILES string of the molecule is CN1[CH]C(Cl)=CC1. The lowest BCUT2D eigenvalue weighted by Gasteiger charge is -2.01. The Balaban J connectivity index is 2.42. The van der Waals surface area contributed by atoms with E-state index < -0.39 is 0 Å². The highest BCUT2D eigenvalue weighted by Crippen LogP contribution is 2.14. The van der Waals surface area contributed by atoms with E-state index in [1.54, 1.807) is 0 Å². The summed E-state index contributed by atoms with van der Waals surface area (Å²) >= 11 is 5.57. The van der Waals surface area contributed by atoms with Crippen LogP contribution in [0.15, 0.2) is 11.1 Å². The fourth-order valence-corrected chi connectivity index (χ4v) is 0.783. The highest BCUT2D eigenvalue weighted by molar-refractivity contribution is 6.30. The molecule has 1 aliphatic heterocycles. The first-order valence-corrected chi connectivity index (χ1v) is 2.57. The van der Waals surface area contributed by atoms with Crippen molar-refractivity contribution >= 4 is 11.6 Å². The fraction of sp³-hybridized carbons (Fsp3) is 0.400. The zero-order chi connectivity index (χ0) is 5.28. The van der Waals surface area contributed by atoms with Crippen LogP contribution in [0.5, 0.6) is 0 Å². The number of halogens is 1. The van der Waals surface area contributed by atoms with Crippen LogP contribution in [0, 0.1) is 6.54 Å². The molecule has 1 aliphatic rings. The van der Waals surface area contributed by atoms with Crippen LogP contribution in [0.4, 0.5) is 0 Å². The van der Waals surface area contributed by atoms with Gasteiger partial charge >= 0.3 is 0 Å². The topological polar surface area (TPSA) is 3.24 Å². The molecule has 0 atom stereocenters. The van der Waals surface area contributed by atoms with Crippen molar-refractivity contribution in [3.63, 3.8) is 0 Å². The summed E-state index contributed by atoms with van der Waals surface area (Å²) in [4.78, 5) is 2.03. The number of hydrogen-bond acceptors (Lipinski definition) is 1. The third-order valence-electron chi connectivity index (χ3n) is 0.918. The van der Waals surface area contributed by atoms with Crippen molar-refractivity contribution < 1.29 is 0 Å². The van der Waals surface area contributed by atoms with Gasteiger partial charge in [0, 0.05) is 11.6 Å². The lowest BCUT2D eigenvalue weighted by Crippen LogP contribution is -2.07. The zero-order valence-electron chi connectivity index (χ0n) is 4.19. The molecule has 0 saturated heterocycles. The van der Waals surface area contributed by atoms with Crippen molar-refractivity contribution in [2.24, 2.45) is 0 Å². The van der Waals surface area contributed by atoms with Gasteiger partial charge in [0.1, 0.15) is 0 Å². The van der Waals surface area contributed by atoms with Crippen LogP contribution < -0.4 is 0 Å². The number of rotatable bonds is 0. The van der Waals surface area contributed by atoms with Crippen molar-refractivity contribution in [3.05, 3.63) is 17.7 Å². The summed E-state index contributed by atoms with van der Waals surface area (Å²) in [7, 11) is 1.99. The van der Waals surface area contributed by atoms with Gasteiger partial charge in [-0.3, -0.25) is 4.90 Å². The van der Waals surface area contributed by atoms with E-state index >= 15 is 0 Å². The Labute approximate surface area is 48.6 Å². The van der Waals surface area contributed by atoms with Crippen LogP contribution in [0.2, 0.25) is 0 Å². The van der Waals surface area contributed by atoms with E-state index in [-0.39, 0.29) is 0 Å². The maximum atomic E-state index is 5.57. The predicted molar refractivity (Wildman–Crippen MR) is 30.9 cm³/mol. The molecule has 0 amide bonds. The van der Waals surface area contributed by atoms with E-state index in [2.05, 4.69) is 0 Å². The van der Waals surface area contributed by atoms with Crippen LogP contribution in [-0.2, 0) is 0 Å². The van der Waals surface area contributed by atoms with Gasteiger partial charge in [-0.2, -0.15) is 0 Å². The lowest BCUT2D eigenvalue weighted by molar-refractivity contribution is 0.491. The largest absolute Gasteiger partial charge is 0.293 e. The minimum Gasteiger partial charge on any atom is -0.293 e. The molecular weight excluding hydrogens is 110 g/mol. The molecule has 0 aromatic rings. The highest BCUT2D eigenvalue weighted by Gasteiger charge is 2.05. The molecule has 0 spiro atoms. The maximum absolute atomic E-state index is 5.57. The third-order valence-corrected chi connectivity index (χ3v) is 1.17. The molecule has 1 heterocycles. The number of likely N-dealkylation sites (N-methyl/N-ethyl adjacent to an activating group) is 1. The molecule has 7 heavy (non-hydrogen) atoms. The molecule has 1 radical (unpaired) electrons. The number of hydrogen-bond donors (Lipinski definition) is 0. The Kier molecular flexibility index (Phi) is 1.35. The van der Waals surface area contributed by atoms with E-state index in [0.717, 1.165) is 11.6 Å². The number of nitrogens with zero attached hydrogens (tertiary/aromatic N) is 1. The third kappa shape index (κ3) is 1.18. The van der Waals surface area contributed by atoms with E-state index in [1.165, 1.54) is 0 Å². The van der Waals surface area contributed by atoms with Gasteiger partial charge < -0.3 is 0 Å². The molecule has 1 rings (SSSR count). The van der Waals surface area contributed by atoms with Gasteiger partial charge in [0.25, 0.3) is 0 Å². The summed E-state index contributed by atoms with van der Waals surface area (Å²) < 4.78 is 0. The van der Waals surface area contributed by atoms with Gasteiger partial charge in [-0.15, -0.1) is 0 Å². The normalized spacial score (nSPS) is 22.9. The lowest BCUT2D eigenvalue weighted by atomic mass is 10.6. The minimum atomic E-state index is 0.850. The molecule has 0 unspecified atom stereocenters. The molecule has 0 aromatic heterocycles. The monoisotopic (exact) mass is 116 g/mol. The molecule has 0 fully saturated rings. The molecule has 0 aliphatic carbocycles. The second-order valence-corrected chi connectivity index (χ2v) is 2.09. The fourth-order valence-electron chi connectivity index (χ4n) is 0.547. The standard InChI is InChI=1S/C5H7ClN/c1-7-3-2-5(6)4-7/h2,4H,3H2,1H3. The molecule has 2 heteroatoms. The molecule has 0 bridgehead atoms. The summed E-state index contributed by atoms with van der Waals surface area (Å²) in [6.45, 7) is 2.86. The summed E-state index contributed by atoms with van der Waals surface area (Å²) in [6.07, 6.45) is 1.97. The van der Waals surface area contributed by atoms with Crippen molar-refractivity contribution in [2.45, 2.75) is 0 Å². The molecule has 0 saturated carbocycles. The second kappa shape index (κ2) is 1.85.